The van der Waals surface area contributed by atoms with Gasteiger partial charge in [0.15, 0.2) is 0 Å². The third-order valence-electron chi connectivity index (χ3n) is 4.29. The van der Waals surface area contributed by atoms with Crippen LogP contribution in [0.4, 0.5) is 5.69 Å². The van der Waals surface area contributed by atoms with Gasteiger partial charge in [0.05, 0.1) is 5.69 Å². The van der Waals surface area contributed by atoms with Crippen molar-refractivity contribution in [1.29, 1.82) is 0 Å². The Kier molecular flexibility index (Phi) is 5.38. The Morgan fingerprint density at radius 1 is 1.44 bits per heavy atom. The third-order valence-corrected chi connectivity index (χ3v) is 4.59. The lowest BCUT2D eigenvalue weighted by molar-refractivity contribution is -0.128. The van der Waals surface area contributed by atoms with Gasteiger partial charge in [-0.25, -0.2) is 0 Å². The standard InChI is InChI=1S/C18H20ClN3O3/c1-12-15(18(19)25-21-12)7-8-16(23)20-14-5-2-4-13(10-14)11-22-9-3-6-17(22)24/h2,4-5,10H,3,6-9,11H2,1H3,(H,20,23). The Labute approximate surface area is 151 Å². The molecule has 2 heterocycles. The van der Waals surface area contributed by atoms with Crippen LogP contribution in [0.25, 0.3) is 0 Å². The van der Waals surface area contributed by atoms with Gasteiger partial charge >= 0.3 is 0 Å². The molecule has 1 aromatic carbocycles. The maximum atomic E-state index is 12.2. The minimum Gasteiger partial charge on any atom is -0.344 e. The van der Waals surface area contributed by atoms with Gasteiger partial charge in [-0.3, -0.25) is 9.59 Å². The van der Waals surface area contributed by atoms with Crippen LogP contribution in [0.3, 0.4) is 0 Å². The van der Waals surface area contributed by atoms with E-state index in [1.54, 1.807) is 6.92 Å². The molecular formula is C18H20ClN3O3. The van der Waals surface area contributed by atoms with E-state index in [0.717, 1.165) is 29.8 Å². The molecule has 0 saturated carbocycles. The average molecular weight is 362 g/mol. The molecule has 0 aliphatic carbocycles. The van der Waals surface area contributed by atoms with E-state index in [1.165, 1.54) is 0 Å². The maximum Gasteiger partial charge on any atom is 0.229 e. The smallest absolute Gasteiger partial charge is 0.229 e. The predicted octanol–water partition coefficient (Wildman–Crippen LogP) is 3.33. The van der Waals surface area contributed by atoms with E-state index in [4.69, 9.17) is 16.1 Å². The van der Waals surface area contributed by atoms with Gasteiger partial charge in [0, 0.05) is 37.2 Å². The average Bonchev–Trinajstić information content (AvgIpc) is 3.12. The van der Waals surface area contributed by atoms with Crippen LogP contribution in [-0.4, -0.2) is 28.4 Å². The maximum absolute atomic E-state index is 12.2. The van der Waals surface area contributed by atoms with Gasteiger partial charge in [-0.05, 0) is 49.1 Å². The minimum atomic E-state index is -0.105. The number of nitrogens with one attached hydrogen (secondary N) is 1. The predicted molar refractivity (Wildman–Crippen MR) is 94.3 cm³/mol. The van der Waals surface area contributed by atoms with E-state index in [1.807, 2.05) is 29.2 Å². The second-order valence-corrected chi connectivity index (χ2v) is 6.53. The molecule has 0 bridgehead atoms. The molecule has 1 fully saturated rings. The molecule has 6 nitrogen and oxygen atoms in total. The molecule has 0 spiro atoms. The van der Waals surface area contributed by atoms with Crippen molar-refractivity contribution in [2.24, 2.45) is 0 Å². The van der Waals surface area contributed by atoms with Crippen LogP contribution in [0.15, 0.2) is 28.8 Å². The SMILES string of the molecule is Cc1noc(Cl)c1CCC(=O)Nc1cccc(CN2CCCC2=O)c1. The monoisotopic (exact) mass is 361 g/mol. The van der Waals surface area contributed by atoms with Gasteiger partial charge in [-0.2, -0.15) is 0 Å². The topological polar surface area (TPSA) is 75.4 Å². The van der Waals surface area contributed by atoms with Crippen LogP contribution >= 0.6 is 11.6 Å². The Morgan fingerprint density at radius 2 is 2.28 bits per heavy atom. The van der Waals surface area contributed by atoms with Crippen molar-refractivity contribution in [3.05, 3.63) is 46.3 Å². The van der Waals surface area contributed by atoms with Crippen molar-refractivity contribution in [3.8, 4) is 0 Å². The Morgan fingerprint density at radius 3 is 2.96 bits per heavy atom. The summed E-state index contributed by atoms with van der Waals surface area (Å²) in [5, 5.41) is 6.90. The molecule has 132 valence electrons. The highest BCUT2D eigenvalue weighted by molar-refractivity contribution is 6.29. The third kappa shape index (κ3) is 4.39. The second kappa shape index (κ2) is 7.70. The van der Waals surface area contributed by atoms with Crippen LogP contribution in [-0.2, 0) is 22.6 Å². The van der Waals surface area contributed by atoms with Crippen molar-refractivity contribution in [1.82, 2.24) is 10.1 Å². The number of benzene rings is 1. The van der Waals surface area contributed by atoms with E-state index >= 15 is 0 Å². The van der Waals surface area contributed by atoms with Crippen molar-refractivity contribution in [3.63, 3.8) is 0 Å². The van der Waals surface area contributed by atoms with E-state index in [9.17, 15) is 9.59 Å². The van der Waals surface area contributed by atoms with Gasteiger partial charge in [-0.15, -0.1) is 0 Å². The molecule has 0 radical (unpaired) electrons. The number of carbonyl (C=O) groups excluding carboxylic acids is 2. The summed E-state index contributed by atoms with van der Waals surface area (Å²) < 4.78 is 4.89. The molecule has 1 aliphatic heterocycles. The van der Waals surface area contributed by atoms with Gasteiger partial charge < -0.3 is 14.7 Å². The molecule has 3 rings (SSSR count). The lowest BCUT2D eigenvalue weighted by Crippen LogP contribution is -2.23. The van der Waals surface area contributed by atoms with Gasteiger partial charge in [0.1, 0.15) is 0 Å². The first-order chi connectivity index (χ1) is 12.0. The van der Waals surface area contributed by atoms with Crippen molar-refractivity contribution >= 4 is 29.1 Å². The molecule has 2 amide bonds. The second-order valence-electron chi connectivity index (χ2n) is 6.19. The summed E-state index contributed by atoms with van der Waals surface area (Å²) in [7, 11) is 0. The summed E-state index contributed by atoms with van der Waals surface area (Å²) in [4.78, 5) is 25.7. The number of aryl methyl sites for hydroxylation is 1. The molecule has 2 aromatic rings. The number of hydrogen-bond donors (Lipinski definition) is 1. The fourth-order valence-corrected chi connectivity index (χ4v) is 3.21. The highest BCUT2D eigenvalue weighted by Gasteiger charge is 2.20. The van der Waals surface area contributed by atoms with Crippen molar-refractivity contribution in [2.75, 3.05) is 11.9 Å². The fourth-order valence-electron chi connectivity index (χ4n) is 2.94. The summed E-state index contributed by atoms with van der Waals surface area (Å²) in [6, 6.07) is 7.58. The van der Waals surface area contributed by atoms with E-state index in [-0.39, 0.29) is 23.5 Å². The van der Waals surface area contributed by atoms with Gasteiger partial charge in [0.25, 0.3) is 0 Å². The number of amides is 2. The van der Waals surface area contributed by atoms with Crippen LogP contribution < -0.4 is 5.32 Å². The number of anilines is 1. The molecule has 1 aliphatic rings. The largest absolute Gasteiger partial charge is 0.344 e. The highest BCUT2D eigenvalue weighted by atomic mass is 35.5. The zero-order valence-corrected chi connectivity index (χ0v) is 14.8. The van der Waals surface area contributed by atoms with Crippen molar-refractivity contribution < 1.29 is 14.1 Å². The number of likely N-dealkylation sites (tertiary alicyclic amines) is 1. The van der Waals surface area contributed by atoms with E-state index < -0.39 is 0 Å². The molecule has 0 unspecified atom stereocenters. The zero-order valence-electron chi connectivity index (χ0n) is 14.0. The fraction of sp³-hybridized carbons (Fsp3) is 0.389. The lowest BCUT2D eigenvalue weighted by Gasteiger charge is -2.16. The summed E-state index contributed by atoms with van der Waals surface area (Å²) >= 11 is 5.91. The number of rotatable bonds is 6. The molecule has 1 aromatic heterocycles. The molecular weight excluding hydrogens is 342 g/mol. The molecule has 7 heteroatoms. The summed E-state index contributed by atoms with van der Waals surface area (Å²) in [6.45, 7) is 3.18. The van der Waals surface area contributed by atoms with Crippen LogP contribution in [0.5, 0.6) is 0 Å². The molecule has 25 heavy (non-hydrogen) atoms. The van der Waals surface area contributed by atoms with Crippen LogP contribution in [0.2, 0.25) is 5.22 Å². The first kappa shape index (κ1) is 17.5. The summed E-state index contributed by atoms with van der Waals surface area (Å²) in [5.41, 5.74) is 3.20. The summed E-state index contributed by atoms with van der Waals surface area (Å²) in [5.74, 6) is 0.0847. The Balaban J connectivity index is 1.56. The number of aromatic nitrogens is 1. The zero-order chi connectivity index (χ0) is 17.8. The van der Waals surface area contributed by atoms with E-state index in [2.05, 4.69) is 10.5 Å². The normalized spacial score (nSPS) is 14.2. The number of halogens is 1. The van der Waals surface area contributed by atoms with Gasteiger partial charge in [-0.1, -0.05) is 17.3 Å². The number of carbonyl (C=O) groups is 2. The van der Waals surface area contributed by atoms with Crippen molar-refractivity contribution in [2.45, 2.75) is 39.2 Å². The summed E-state index contributed by atoms with van der Waals surface area (Å²) in [6.07, 6.45) is 2.31. The lowest BCUT2D eigenvalue weighted by atomic mass is 10.1. The minimum absolute atomic E-state index is 0.105. The van der Waals surface area contributed by atoms with Gasteiger partial charge in [0.2, 0.25) is 17.0 Å². The highest BCUT2D eigenvalue weighted by Crippen LogP contribution is 2.21. The molecule has 1 N–H and O–H groups in total. The van der Waals surface area contributed by atoms with E-state index in [0.29, 0.717) is 25.1 Å². The quantitative estimate of drug-likeness (QED) is 0.856. The van der Waals surface area contributed by atoms with Crippen LogP contribution in [0, 0.1) is 6.92 Å². The number of nitrogens with zero attached hydrogens (tertiary/aromatic N) is 2. The number of hydrogen-bond acceptors (Lipinski definition) is 4. The molecule has 1 saturated heterocycles. The Bertz CT molecular complexity index is 768. The molecule has 0 atom stereocenters. The Hall–Kier alpha value is -2.34. The first-order valence-electron chi connectivity index (χ1n) is 8.30. The van der Waals surface area contributed by atoms with Crippen LogP contribution in [0.1, 0.15) is 36.1 Å². The first-order valence-corrected chi connectivity index (χ1v) is 8.68.